The van der Waals surface area contributed by atoms with Crippen molar-refractivity contribution in [2.75, 3.05) is 0 Å². The van der Waals surface area contributed by atoms with Crippen LogP contribution in [-0.4, -0.2) is 20.7 Å². The molecule has 3 heterocycles. The molecule has 0 radical (unpaired) electrons. The molecule has 1 aliphatic rings. The van der Waals surface area contributed by atoms with Crippen LogP contribution in [0, 0.1) is 0 Å². The first kappa shape index (κ1) is 11.3. The molecular weight excluding hydrogens is 250 g/mol. The molecule has 0 saturated carbocycles. The van der Waals surface area contributed by atoms with Crippen LogP contribution in [0.4, 0.5) is 5.69 Å². The van der Waals surface area contributed by atoms with E-state index >= 15 is 0 Å². The highest BCUT2D eigenvalue weighted by atomic mass is 15.0. The highest BCUT2D eigenvalue weighted by molar-refractivity contribution is 5.95. The van der Waals surface area contributed by atoms with Crippen LogP contribution in [0.25, 0.3) is 22.6 Å². The molecule has 0 fully saturated rings. The van der Waals surface area contributed by atoms with Gasteiger partial charge in [-0.2, -0.15) is 0 Å². The van der Waals surface area contributed by atoms with E-state index in [0.717, 1.165) is 40.4 Å². The lowest BCUT2D eigenvalue weighted by Gasteiger charge is -1.95. The lowest BCUT2D eigenvalue weighted by Crippen LogP contribution is -2.26. The summed E-state index contributed by atoms with van der Waals surface area (Å²) in [5.41, 5.74) is 6.27. The SMILES string of the molecule is CC1=Nc2cc3nc(-c4c[n+](C)ccn4)[nH]c3cc2C1. The zero-order valence-corrected chi connectivity index (χ0v) is 11.4. The third-order valence-electron chi connectivity index (χ3n) is 3.52. The van der Waals surface area contributed by atoms with E-state index in [0.29, 0.717) is 0 Å². The normalized spacial score (nSPS) is 13.6. The van der Waals surface area contributed by atoms with Gasteiger partial charge < -0.3 is 4.98 Å². The number of aromatic amines is 1. The zero-order valence-electron chi connectivity index (χ0n) is 11.4. The molecule has 4 rings (SSSR count). The van der Waals surface area contributed by atoms with Crippen molar-refractivity contribution in [3.05, 3.63) is 36.3 Å². The molecule has 20 heavy (non-hydrogen) atoms. The summed E-state index contributed by atoms with van der Waals surface area (Å²) in [6.07, 6.45) is 6.56. The van der Waals surface area contributed by atoms with E-state index in [1.165, 1.54) is 5.56 Å². The van der Waals surface area contributed by atoms with Crippen molar-refractivity contribution in [3.63, 3.8) is 0 Å². The molecule has 2 aromatic heterocycles. The average molecular weight is 264 g/mol. The average Bonchev–Trinajstić information content (AvgIpc) is 2.97. The number of nitrogens with one attached hydrogen (secondary N) is 1. The number of hydrogen-bond donors (Lipinski definition) is 1. The Balaban J connectivity index is 1.88. The monoisotopic (exact) mass is 264 g/mol. The first-order chi connectivity index (χ1) is 9.69. The van der Waals surface area contributed by atoms with Gasteiger partial charge in [-0.25, -0.2) is 14.5 Å². The number of H-pyrrole nitrogens is 1. The van der Waals surface area contributed by atoms with Crippen molar-refractivity contribution in [3.8, 4) is 11.5 Å². The Morgan fingerprint density at radius 3 is 3.05 bits per heavy atom. The van der Waals surface area contributed by atoms with Crippen LogP contribution in [0.5, 0.6) is 0 Å². The predicted octanol–water partition coefficient (Wildman–Crippen LogP) is 2.10. The maximum absolute atomic E-state index is 4.63. The summed E-state index contributed by atoms with van der Waals surface area (Å²) < 4.78 is 1.96. The van der Waals surface area contributed by atoms with Crippen LogP contribution in [0.3, 0.4) is 0 Å². The van der Waals surface area contributed by atoms with Crippen LogP contribution in [0.15, 0.2) is 35.7 Å². The highest BCUT2D eigenvalue weighted by Crippen LogP contribution is 2.31. The molecule has 0 unspecified atom stereocenters. The van der Waals surface area contributed by atoms with Gasteiger partial charge in [0.1, 0.15) is 7.05 Å². The number of imidazole rings is 1. The molecule has 0 saturated heterocycles. The molecule has 3 aromatic rings. The van der Waals surface area contributed by atoms with Crippen molar-refractivity contribution in [2.45, 2.75) is 13.3 Å². The van der Waals surface area contributed by atoms with Gasteiger partial charge in [-0.05, 0) is 24.6 Å². The van der Waals surface area contributed by atoms with Gasteiger partial charge in [0, 0.05) is 12.1 Å². The molecule has 0 bridgehead atoms. The van der Waals surface area contributed by atoms with Crippen molar-refractivity contribution in [2.24, 2.45) is 12.0 Å². The van der Waals surface area contributed by atoms with Crippen molar-refractivity contribution >= 4 is 22.4 Å². The molecule has 5 heteroatoms. The van der Waals surface area contributed by atoms with Gasteiger partial charge >= 0.3 is 0 Å². The van der Waals surface area contributed by atoms with Crippen LogP contribution >= 0.6 is 0 Å². The van der Waals surface area contributed by atoms with E-state index in [1.807, 2.05) is 30.1 Å². The first-order valence-electron chi connectivity index (χ1n) is 6.57. The molecule has 0 spiro atoms. The molecule has 98 valence electrons. The lowest BCUT2D eigenvalue weighted by molar-refractivity contribution is -0.671. The topological polar surface area (TPSA) is 57.8 Å². The summed E-state index contributed by atoms with van der Waals surface area (Å²) in [4.78, 5) is 16.9. The number of hydrogen-bond acceptors (Lipinski definition) is 3. The third-order valence-corrected chi connectivity index (χ3v) is 3.52. The number of aryl methyl sites for hydroxylation is 1. The van der Waals surface area contributed by atoms with Crippen LogP contribution in [-0.2, 0) is 13.5 Å². The van der Waals surface area contributed by atoms with Gasteiger partial charge in [-0.1, -0.05) is 0 Å². The standard InChI is InChI=1S/C15H14N5/c1-9-5-10-6-12-13(7-11(10)17-9)19-15(18-12)14-8-20(2)4-3-16-14/h3-4,6-8H,5H2,1-2H3,(H,18,19)/q+1. The van der Waals surface area contributed by atoms with Gasteiger partial charge in [-0.15, -0.1) is 0 Å². The molecule has 0 amide bonds. The summed E-state index contributed by atoms with van der Waals surface area (Å²) in [6, 6.07) is 4.19. The highest BCUT2D eigenvalue weighted by Gasteiger charge is 2.15. The number of aromatic nitrogens is 4. The molecule has 1 aliphatic heterocycles. The summed E-state index contributed by atoms with van der Waals surface area (Å²) in [6.45, 7) is 2.06. The lowest BCUT2D eigenvalue weighted by atomic mass is 10.1. The summed E-state index contributed by atoms with van der Waals surface area (Å²) in [5, 5.41) is 0. The van der Waals surface area contributed by atoms with E-state index in [9.17, 15) is 0 Å². The fourth-order valence-corrected chi connectivity index (χ4v) is 2.59. The maximum atomic E-state index is 4.63. The van der Waals surface area contributed by atoms with Crippen LogP contribution in [0.1, 0.15) is 12.5 Å². The van der Waals surface area contributed by atoms with Crippen LogP contribution in [0.2, 0.25) is 0 Å². The number of aliphatic imine (C=N–C) groups is 1. The molecule has 1 N–H and O–H groups in total. The Morgan fingerprint density at radius 2 is 2.20 bits per heavy atom. The minimum Gasteiger partial charge on any atom is -0.336 e. The Labute approximate surface area is 116 Å². The summed E-state index contributed by atoms with van der Waals surface area (Å²) >= 11 is 0. The zero-order chi connectivity index (χ0) is 13.7. The fourth-order valence-electron chi connectivity index (χ4n) is 2.59. The van der Waals surface area contributed by atoms with Gasteiger partial charge in [0.2, 0.25) is 0 Å². The number of rotatable bonds is 1. The smallest absolute Gasteiger partial charge is 0.198 e. The number of benzene rings is 1. The maximum Gasteiger partial charge on any atom is 0.198 e. The second kappa shape index (κ2) is 3.96. The van der Waals surface area contributed by atoms with Crippen molar-refractivity contribution in [1.82, 2.24) is 15.0 Å². The van der Waals surface area contributed by atoms with E-state index in [1.54, 1.807) is 6.20 Å². The Bertz CT molecular complexity index is 860. The molecule has 0 aliphatic carbocycles. The second-order valence-corrected chi connectivity index (χ2v) is 5.21. The van der Waals surface area contributed by atoms with E-state index < -0.39 is 0 Å². The molecule has 1 aromatic carbocycles. The minimum atomic E-state index is 0.792. The Morgan fingerprint density at radius 1 is 1.30 bits per heavy atom. The van der Waals surface area contributed by atoms with Gasteiger partial charge in [0.25, 0.3) is 0 Å². The molecule has 0 atom stereocenters. The first-order valence-corrected chi connectivity index (χ1v) is 6.57. The van der Waals surface area contributed by atoms with E-state index in [-0.39, 0.29) is 0 Å². The predicted molar refractivity (Wildman–Crippen MR) is 77.0 cm³/mol. The van der Waals surface area contributed by atoms with E-state index in [2.05, 4.69) is 32.9 Å². The Kier molecular flexibility index (Phi) is 2.24. The minimum absolute atomic E-state index is 0.792. The van der Waals surface area contributed by atoms with E-state index in [4.69, 9.17) is 0 Å². The van der Waals surface area contributed by atoms with Gasteiger partial charge in [0.15, 0.2) is 23.9 Å². The largest absolute Gasteiger partial charge is 0.336 e. The summed E-state index contributed by atoms with van der Waals surface area (Å²) in [7, 11) is 1.97. The number of fused-ring (bicyclic) bond motifs is 2. The van der Waals surface area contributed by atoms with Crippen molar-refractivity contribution < 1.29 is 4.57 Å². The second-order valence-electron chi connectivity index (χ2n) is 5.21. The summed E-state index contributed by atoms with van der Waals surface area (Å²) in [5.74, 6) is 0.792. The molecular formula is C15H14N5+. The van der Waals surface area contributed by atoms with Gasteiger partial charge in [0.05, 0.1) is 22.9 Å². The Hall–Kier alpha value is -2.56. The fraction of sp³-hybridized carbons (Fsp3) is 0.200. The van der Waals surface area contributed by atoms with Gasteiger partial charge in [-0.3, -0.25) is 4.99 Å². The van der Waals surface area contributed by atoms with Crippen molar-refractivity contribution in [1.29, 1.82) is 0 Å². The number of nitrogens with zero attached hydrogens (tertiary/aromatic N) is 4. The quantitative estimate of drug-likeness (QED) is 0.684. The third kappa shape index (κ3) is 1.71. The van der Waals surface area contributed by atoms with Crippen LogP contribution < -0.4 is 4.57 Å². The molecule has 5 nitrogen and oxygen atoms in total.